The van der Waals surface area contributed by atoms with Gasteiger partial charge in [-0.3, -0.25) is 10.2 Å². The Balaban J connectivity index is 1.48. The van der Waals surface area contributed by atoms with E-state index in [0.29, 0.717) is 17.9 Å². The van der Waals surface area contributed by atoms with E-state index in [1.165, 1.54) is 17.5 Å². The number of likely N-dealkylation sites (N-methyl/N-ethyl adjacent to an activating group) is 1. The van der Waals surface area contributed by atoms with Gasteiger partial charge in [-0.1, -0.05) is 55.8 Å². The lowest BCUT2D eigenvalue weighted by molar-refractivity contribution is 0.0768. The summed E-state index contributed by atoms with van der Waals surface area (Å²) in [4.78, 5) is 22.4. The fourth-order valence-electron chi connectivity index (χ4n) is 5.64. The lowest BCUT2D eigenvalue weighted by Gasteiger charge is -2.43. The molecule has 2 heterocycles. The van der Waals surface area contributed by atoms with Crippen LogP contribution in [0.25, 0.3) is 16.5 Å². The largest absolute Gasteiger partial charge is 0.395 e. The zero-order valence-electron chi connectivity index (χ0n) is 21.1. The third kappa shape index (κ3) is 4.09. The summed E-state index contributed by atoms with van der Waals surface area (Å²) in [5.41, 5.74) is 6.15. The summed E-state index contributed by atoms with van der Waals surface area (Å²) in [6.07, 6.45) is 11.2. The van der Waals surface area contributed by atoms with Crippen LogP contribution in [0.5, 0.6) is 0 Å². The molecule has 1 saturated carbocycles. The first-order valence-electron chi connectivity index (χ1n) is 12.9. The number of carbonyl (C=O) groups is 1. The predicted octanol–water partition coefficient (Wildman–Crippen LogP) is 5.56. The minimum Gasteiger partial charge on any atom is -0.395 e. The van der Waals surface area contributed by atoms with Crippen molar-refractivity contribution in [1.29, 1.82) is 5.41 Å². The maximum Gasteiger partial charge on any atom is 0.255 e. The Kier molecular flexibility index (Phi) is 6.63. The van der Waals surface area contributed by atoms with Crippen molar-refractivity contribution in [2.24, 2.45) is 10.9 Å². The Bertz CT molecular complexity index is 1350. The van der Waals surface area contributed by atoms with Crippen LogP contribution in [0.4, 0.5) is 0 Å². The van der Waals surface area contributed by atoms with Gasteiger partial charge in [0.2, 0.25) is 0 Å². The molecule has 186 valence electrons. The molecular formula is C30H34N4O2. The number of hydrogen-bond donors (Lipinski definition) is 3. The van der Waals surface area contributed by atoms with Crippen molar-refractivity contribution in [2.75, 3.05) is 20.2 Å². The Morgan fingerprint density at radius 2 is 2.00 bits per heavy atom. The van der Waals surface area contributed by atoms with Crippen molar-refractivity contribution in [3.8, 4) is 0 Å². The van der Waals surface area contributed by atoms with E-state index in [2.05, 4.69) is 59.5 Å². The number of aromatic nitrogens is 1. The molecule has 1 aliphatic carbocycles. The van der Waals surface area contributed by atoms with Crippen LogP contribution in [0, 0.1) is 11.3 Å². The monoisotopic (exact) mass is 482 g/mol. The number of aliphatic imine (C=N–C) groups is 1. The molecule has 0 spiro atoms. The van der Waals surface area contributed by atoms with Gasteiger partial charge in [0.15, 0.2) is 0 Å². The van der Waals surface area contributed by atoms with E-state index in [0.717, 1.165) is 47.7 Å². The second kappa shape index (κ2) is 9.86. The van der Waals surface area contributed by atoms with Gasteiger partial charge in [-0.25, -0.2) is 4.99 Å². The third-order valence-electron chi connectivity index (χ3n) is 8.07. The van der Waals surface area contributed by atoms with Gasteiger partial charge in [-0.05, 0) is 54.0 Å². The second-order valence-corrected chi connectivity index (χ2v) is 10.0. The number of para-hydroxylation sites is 1. The molecule has 36 heavy (non-hydrogen) atoms. The molecule has 0 radical (unpaired) electrons. The first-order chi connectivity index (χ1) is 17.5. The van der Waals surface area contributed by atoms with Crippen molar-refractivity contribution in [2.45, 2.75) is 44.4 Å². The SMILES string of the molecule is CCC1CC=C(c2ccc(C3(c4c[nH]c5c(C(=O)N(C)CCO)cccc45)CCC3)cc2)C=NC1=N. The summed E-state index contributed by atoms with van der Waals surface area (Å²) < 4.78 is 0. The van der Waals surface area contributed by atoms with Gasteiger partial charge in [-0.15, -0.1) is 0 Å². The summed E-state index contributed by atoms with van der Waals surface area (Å²) in [6, 6.07) is 14.7. The quantitative estimate of drug-likeness (QED) is 0.411. The van der Waals surface area contributed by atoms with E-state index in [1.54, 1.807) is 11.9 Å². The molecule has 0 saturated heterocycles. The Hall–Kier alpha value is -3.51. The number of nitrogens with zero attached hydrogens (tertiary/aromatic N) is 2. The van der Waals surface area contributed by atoms with E-state index < -0.39 is 0 Å². The molecule has 1 aliphatic heterocycles. The van der Waals surface area contributed by atoms with Gasteiger partial charge in [0.25, 0.3) is 5.91 Å². The number of H-pyrrole nitrogens is 1. The average molecular weight is 483 g/mol. The summed E-state index contributed by atoms with van der Waals surface area (Å²) >= 11 is 0. The highest BCUT2D eigenvalue weighted by molar-refractivity contribution is 6.14. The molecule has 1 aromatic heterocycles. The second-order valence-electron chi connectivity index (χ2n) is 10.0. The smallest absolute Gasteiger partial charge is 0.255 e. The van der Waals surface area contributed by atoms with Gasteiger partial charge in [0.05, 0.1) is 17.7 Å². The third-order valence-corrected chi connectivity index (χ3v) is 8.07. The van der Waals surface area contributed by atoms with Crippen LogP contribution >= 0.6 is 0 Å². The number of aromatic amines is 1. The lowest BCUT2D eigenvalue weighted by atomic mass is 9.60. The number of allylic oxidation sites excluding steroid dienone is 2. The molecule has 1 atom stereocenters. The number of aliphatic hydroxyl groups excluding tert-OH is 1. The summed E-state index contributed by atoms with van der Waals surface area (Å²) in [6.45, 7) is 2.36. The van der Waals surface area contributed by atoms with Crippen molar-refractivity contribution in [3.63, 3.8) is 0 Å². The standard InChI is InChI=1S/C30H34N4O2/c1-3-20-8-9-22(18-33-28(20)31)21-10-12-23(13-11-21)30(14-5-15-30)26-19-32-27-24(26)6-4-7-25(27)29(36)34(2)16-17-35/h4,6-7,9-13,18-20,31-32,35H,3,5,8,14-17H2,1-2H3. The number of carbonyl (C=O) groups excluding carboxylic acids is 1. The molecule has 2 aromatic carbocycles. The summed E-state index contributed by atoms with van der Waals surface area (Å²) in [5, 5.41) is 18.5. The van der Waals surface area contributed by atoms with E-state index in [1.807, 2.05) is 18.3 Å². The van der Waals surface area contributed by atoms with Gasteiger partial charge < -0.3 is 15.0 Å². The molecule has 1 fully saturated rings. The Morgan fingerprint density at radius 3 is 2.67 bits per heavy atom. The highest BCUT2D eigenvalue weighted by Gasteiger charge is 2.42. The molecule has 3 aromatic rings. The first kappa shape index (κ1) is 24.2. The van der Waals surface area contributed by atoms with Crippen molar-refractivity contribution in [1.82, 2.24) is 9.88 Å². The average Bonchev–Trinajstić information content (AvgIpc) is 3.20. The minimum atomic E-state index is -0.0909. The van der Waals surface area contributed by atoms with Crippen LogP contribution in [0.3, 0.4) is 0 Å². The zero-order valence-corrected chi connectivity index (χ0v) is 21.1. The number of nitrogens with one attached hydrogen (secondary N) is 2. The Labute approximate surface area is 212 Å². The van der Waals surface area contributed by atoms with E-state index in [9.17, 15) is 9.90 Å². The Morgan fingerprint density at radius 1 is 1.22 bits per heavy atom. The van der Waals surface area contributed by atoms with Gasteiger partial charge in [0.1, 0.15) is 5.84 Å². The van der Waals surface area contributed by atoms with E-state index >= 15 is 0 Å². The maximum absolute atomic E-state index is 13.0. The number of rotatable bonds is 7. The van der Waals surface area contributed by atoms with Crippen LogP contribution in [0.1, 0.15) is 66.1 Å². The van der Waals surface area contributed by atoms with Crippen LogP contribution in [-0.4, -0.2) is 53.1 Å². The number of amides is 1. The highest BCUT2D eigenvalue weighted by atomic mass is 16.3. The number of fused-ring (bicyclic) bond motifs is 1. The van der Waals surface area contributed by atoms with Gasteiger partial charge >= 0.3 is 0 Å². The van der Waals surface area contributed by atoms with Crippen molar-refractivity contribution < 1.29 is 9.90 Å². The minimum absolute atomic E-state index is 0.0578. The molecule has 5 rings (SSSR count). The van der Waals surface area contributed by atoms with Crippen LogP contribution in [0.15, 0.2) is 59.7 Å². The summed E-state index contributed by atoms with van der Waals surface area (Å²) in [7, 11) is 1.72. The molecule has 2 aliphatic rings. The number of hydrogen-bond acceptors (Lipinski definition) is 3. The molecule has 0 bridgehead atoms. The van der Waals surface area contributed by atoms with E-state index in [4.69, 9.17) is 5.41 Å². The maximum atomic E-state index is 13.0. The molecule has 6 heteroatoms. The topological polar surface area (TPSA) is 92.5 Å². The number of aliphatic hydroxyl groups is 1. The molecule has 6 nitrogen and oxygen atoms in total. The molecular weight excluding hydrogens is 448 g/mol. The molecule has 1 amide bonds. The van der Waals surface area contributed by atoms with Crippen LogP contribution in [-0.2, 0) is 5.41 Å². The highest BCUT2D eigenvalue weighted by Crippen LogP contribution is 2.51. The first-order valence-corrected chi connectivity index (χ1v) is 12.9. The van der Waals surface area contributed by atoms with Crippen molar-refractivity contribution >= 4 is 34.4 Å². The molecule has 1 unspecified atom stereocenters. The van der Waals surface area contributed by atoms with Gasteiger partial charge in [-0.2, -0.15) is 0 Å². The fraction of sp³-hybridized carbons (Fsp3) is 0.367. The van der Waals surface area contributed by atoms with Crippen molar-refractivity contribution in [3.05, 3.63) is 77.0 Å². The zero-order chi connectivity index (χ0) is 25.3. The number of amidine groups is 1. The molecule has 3 N–H and O–H groups in total. The fourth-order valence-corrected chi connectivity index (χ4v) is 5.64. The predicted molar refractivity (Wildman–Crippen MR) is 146 cm³/mol. The van der Waals surface area contributed by atoms with Gasteiger partial charge in [0, 0.05) is 42.7 Å². The van der Waals surface area contributed by atoms with E-state index in [-0.39, 0.29) is 23.8 Å². The van der Waals surface area contributed by atoms with Crippen LogP contribution in [0.2, 0.25) is 0 Å². The van der Waals surface area contributed by atoms with Crippen LogP contribution < -0.4 is 0 Å². The lowest BCUT2D eigenvalue weighted by Crippen LogP contribution is -2.35. The number of benzene rings is 2. The summed E-state index contributed by atoms with van der Waals surface area (Å²) in [5.74, 6) is 0.568. The normalized spacial score (nSPS) is 19.0.